The molecular weight excluding hydrogens is 819 g/mol. The molecule has 18 heteroatoms. The lowest BCUT2D eigenvalue weighted by atomic mass is 10.0. The quantitative estimate of drug-likeness (QED) is 0.0446. The Morgan fingerprint density at radius 2 is 1.19 bits per heavy atom. The van der Waals surface area contributed by atoms with Gasteiger partial charge in [-0.05, 0) is 29.7 Å². The molecule has 3 rings (SSSR count). The summed E-state index contributed by atoms with van der Waals surface area (Å²) in [4.78, 5) is 78.7. The number of hydrogen-bond acceptors (Lipinski definition) is 13. The Hall–Kier alpha value is -5.26. The van der Waals surface area contributed by atoms with Crippen LogP contribution < -0.4 is 26.2 Å². The van der Waals surface area contributed by atoms with Crippen molar-refractivity contribution >= 4 is 41.5 Å². The van der Waals surface area contributed by atoms with Gasteiger partial charge in [-0.25, -0.2) is 0 Å². The smallest absolute Gasteiger partial charge is 0.243 e. The average molecular weight is 882 g/mol. The normalized spacial score (nSPS) is 12.7. The van der Waals surface area contributed by atoms with Crippen LogP contribution in [0.2, 0.25) is 0 Å². The minimum absolute atomic E-state index is 0.0586. The fourth-order valence-corrected chi connectivity index (χ4v) is 5.96. The Morgan fingerprint density at radius 3 is 1.78 bits per heavy atom. The van der Waals surface area contributed by atoms with Crippen molar-refractivity contribution in [3.05, 3.63) is 65.2 Å². The second-order valence-electron chi connectivity index (χ2n) is 14.4. The number of nitrogens with zero attached hydrogens (tertiary/aromatic N) is 1. The maximum absolute atomic E-state index is 13.7. The molecule has 2 atom stereocenters. The van der Waals surface area contributed by atoms with Crippen molar-refractivity contribution in [3.8, 4) is 11.8 Å². The molecule has 346 valence electrons. The third kappa shape index (κ3) is 21.1. The van der Waals surface area contributed by atoms with Gasteiger partial charge in [0.25, 0.3) is 0 Å². The molecule has 0 spiro atoms. The summed E-state index contributed by atoms with van der Waals surface area (Å²) in [6, 6.07) is 12.5. The SMILES string of the molecule is COCCOCCOCCOCCOCCOCCOCCNC(=O)[C@H](CC(=O)NC(C(=O)NCC=O)C(C)C)NC(=O)CCC(=O)N1Cc2ccccc2C#Cc2ccccc21. The molecule has 0 aromatic heterocycles. The van der Waals surface area contributed by atoms with Crippen LogP contribution in [0.5, 0.6) is 0 Å². The van der Waals surface area contributed by atoms with Crippen LogP contribution in [0.1, 0.15) is 49.8 Å². The van der Waals surface area contributed by atoms with E-state index in [2.05, 4.69) is 33.1 Å². The summed E-state index contributed by atoms with van der Waals surface area (Å²) in [7, 11) is 1.62. The van der Waals surface area contributed by atoms with E-state index in [1.54, 1.807) is 31.9 Å². The molecule has 2 aromatic rings. The molecule has 0 bridgehead atoms. The minimum atomic E-state index is -1.35. The summed E-state index contributed by atoms with van der Waals surface area (Å²) >= 11 is 0. The highest BCUT2D eigenvalue weighted by Gasteiger charge is 2.29. The molecule has 0 radical (unpaired) electrons. The van der Waals surface area contributed by atoms with Crippen LogP contribution in [0.25, 0.3) is 0 Å². The van der Waals surface area contributed by atoms with Crippen molar-refractivity contribution < 1.29 is 61.9 Å². The Labute approximate surface area is 369 Å². The van der Waals surface area contributed by atoms with Crippen molar-refractivity contribution in [3.63, 3.8) is 0 Å². The molecule has 1 heterocycles. The first-order valence-electron chi connectivity index (χ1n) is 21.2. The predicted molar refractivity (Wildman–Crippen MR) is 231 cm³/mol. The molecule has 5 amide bonds. The number of amides is 5. The van der Waals surface area contributed by atoms with E-state index in [0.717, 1.165) is 11.1 Å². The lowest BCUT2D eigenvalue weighted by Crippen LogP contribution is -2.53. The zero-order valence-corrected chi connectivity index (χ0v) is 36.6. The number of methoxy groups -OCH3 is 1. The highest BCUT2D eigenvalue weighted by molar-refractivity contribution is 5.98. The van der Waals surface area contributed by atoms with Crippen molar-refractivity contribution in [2.45, 2.75) is 51.7 Å². The van der Waals surface area contributed by atoms with E-state index in [1.165, 1.54) is 0 Å². The number of nitrogens with one attached hydrogen (secondary N) is 4. The van der Waals surface area contributed by atoms with Gasteiger partial charge >= 0.3 is 0 Å². The molecule has 0 saturated heterocycles. The number of aldehydes is 1. The topological polar surface area (TPSA) is 218 Å². The largest absolute Gasteiger partial charge is 0.382 e. The minimum Gasteiger partial charge on any atom is -0.382 e. The Morgan fingerprint density at radius 1 is 0.651 bits per heavy atom. The van der Waals surface area contributed by atoms with E-state index >= 15 is 0 Å². The van der Waals surface area contributed by atoms with Crippen LogP contribution in [0.3, 0.4) is 0 Å². The highest BCUT2D eigenvalue weighted by atomic mass is 16.6. The predicted octanol–water partition coefficient (Wildman–Crippen LogP) is 0.906. The van der Waals surface area contributed by atoms with Crippen LogP contribution in [-0.2, 0) is 68.5 Å². The zero-order chi connectivity index (χ0) is 45.5. The van der Waals surface area contributed by atoms with Crippen LogP contribution >= 0.6 is 0 Å². The van der Waals surface area contributed by atoms with Gasteiger partial charge in [-0.2, -0.15) is 0 Å². The lowest BCUT2D eigenvalue weighted by molar-refractivity contribution is -0.134. The van der Waals surface area contributed by atoms with Gasteiger partial charge in [-0.3, -0.25) is 24.0 Å². The van der Waals surface area contributed by atoms with Crippen LogP contribution in [0.4, 0.5) is 5.69 Å². The van der Waals surface area contributed by atoms with Crippen molar-refractivity contribution in [1.29, 1.82) is 0 Å². The summed E-state index contributed by atoms with van der Waals surface area (Å²) < 4.78 is 37.6. The average Bonchev–Trinajstić information content (AvgIpc) is 3.27. The van der Waals surface area contributed by atoms with Crippen molar-refractivity contribution in [1.82, 2.24) is 21.3 Å². The van der Waals surface area contributed by atoms with Gasteiger partial charge in [0, 0.05) is 37.6 Å². The number of ether oxygens (including phenoxy) is 7. The molecule has 1 aliphatic heterocycles. The Balaban J connectivity index is 1.43. The molecule has 1 unspecified atom stereocenters. The molecular formula is C45H63N5O13. The number of carbonyl (C=O) groups excluding carboxylic acids is 6. The zero-order valence-electron chi connectivity index (χ0n) is 36.6. The van der Waals surface area contributed by atoms with Crippen LogP contribution in [0.15, 0.2) is 48.5 Å². The summed E-state index contributed by atoms with van der Waals surface area (Å²) in [6.07, 6.45) is -0.451. The maximum atomic E-state index is 13.7. The number of anilines is 1. The first-order chi connectivity index (χ1) is 30.6. The number of carbonyl (C=O) groups is 6. The fourth-order valence-electron chi connectivity index (χ4n) is 5.96. The first kappa shape index (κ1) is 52.1. The van der Waals surface area contributed by atoms with Gasteiger partial charge in [0.15, 0.2) is 0 Å². The monoisotopic (exact) mass is 881 g/mol. The number of rotatable bonds is 33. The summed E-state index contributed by atoms with van der Waals surface area (Å²) in [5.74, 6) is 3.08. The van der Waals surface area contributed by atoms with E-state index in [0.29, 0.717) is 83.6 Å². The third-order valence-corrected chi connectivity index (χ3v) is 9.24. The van der Waals surface area contributed by atoms with E-state index in [1.807, 2.05) is 42.5 Å². The molecule has 0 saturated carbocycles. The molecule has 18 nitrogen and oxygen atoms in total. The summed E-state index contributed by atoms with van der Waals surface area (Å²) in [5, 5.41) is 10.3. The van der Waals surface area contributed by atoms with Gasteiger partial charge in [-0.1, -0.05) is 56.0 Å². The van der Waals surface area contributed by atoms with E-state index in [-0.39, 0.29) is 64.1 Å². The van der Waals surface area contributed by atoms with Gasteiger partial charge in [-0.15, -0.1) is 0 Å². The van der Waals surface area contributed by atoms with Crippen molar-refractivity contribution in [2.75, 3.05) is 111 Å². The Kier molecular flexibility index (Phi) is 26.1. The van der Waals surface area contributed by atoms with E-state index in [4.69, 9.17) is 33.2 Å². The lowest BCUT2D eigenvalue weighted by Gasteiger charge is -2.26. The van der Waals surface area contributed by atoms with Crippen molar-refractivity contribution in [2.24, 2.45) is 5.92 Å². The van der Waals surface area contributed by atoms with Crippen LogP contribution in [0, 0.1) is 17.8 Å². The van der Waals surface area contributed by atoms with E-state index < -0.39 is 42.1 Å². The molecule has 2 aromatic carbocycles. The van der Waals surface area contributed by atoms with Gasteiger partial charge in [0.05, 0.1) is 111 Å². The van der Waals surface area contributed by atoms with Gasteiger partial charge in [0.2, 0.25) is 29.5 Å². The van der Waals surface area contributed by atoms with E-state index in [9.17, 15) is 28.8 Å². The number of hydrogen-bond donors (Lipinski definition) is 4. The first-order valence-corrected chi connectivity index (χ1v) is 21.2. The third-order valence-electron chi connectivity index (χ3n) is 9.24. The highest BCUT2D eigenvalue weighted by Crippen LogP contribution is 2.26. The fraction of sp³-hybridized carbons (Fsp3) is 0.556. The molecule has 63 heavy (non-hydrogen) atoms. The van der Waals surface area contributed by atoms with Gasteiger partial charge in [0.1, 0.15) is 18.4 Å². The molecule has 4 N–H and O–H groups in total. The molecule has 0 aliphatic carbocycles. The molecule has 0 fully saturated rings. The number of benzene rings is 2. The Bertz CT molecular complexity index is 1780. The number of para-hydroxylation sites is 1. The second kappa shape index (κ2) is 31.6. The second-order valence-corrected chi connectivity index (χ2v) is 14.4. The standard InChI is InChI=1S/C45H63N5O13/c1-34(2)43(45(56)46-16-18-51)49-41(53)32-38(44(55)47-17-19-58-22-23-60-26-27-62-30-31-63-29-28-61-25-24-59-21-20-57-3)48-40(52)14-15-42(54)50-33-37-10-5-4-8-35(37)12-13-36-9-6-7-11-39(36)50/h4-11,18,34,38,43H,14-17,19-33H2,1-3H3,(H,46,56)(H,47,55)(H,48,52)(H,49,53)/t38-,43?/m0/s1. The van der Waals surface area contributed by atoms with Crippen LogP contribution in [-0.4, -0.2) is 154 Å². The maximum Gasteiger partial charge on any atom is 0.243 e. The molecule has 1 aliphatic rings. The van der Waals surface area contributed by atoms with Gasteiger partial charge < -0.3 is 64.1 Å². The summed E-state index contributed by atoms with van der Waals surface area (Å²) in [5.41, 5.74) is 2.93. The number of fused-ring (bicyclic) bond motifs is 2. The summed E-state index contributed by atoms with van der Waals surface area (Å²) in [6.45, 7) is 8.71.